The fourth-order valence-electron chi connectivity index (χ4n) is 1.46. The van der Waals surface area contributed by atoms with Crippen LogP contribution in [0.5, 0.6) is 11.5 Å². The van der Waals surface area contributed by atoms with Crippen LogP contribution in [0.1, 0.15) is 12.5 Å². The van der Waals surface area contributed by atoms with Crippen molar-refractivity contribution in [1.82, 2.24) is 0 Å². The average Bonchev–Trinajstić information content (AvgIpc) is 2.26. The number of rotatable bonds is 5. The van der Waals surface area contributed by atoms with E-state index in [9.17, 15) is 0 Å². The zero-order chi connectivity index (χ0) is 12.1. The van der Waals surface area contributed by atoms with E-state index in [1.54, 1.807) is 14.2 Å². The highest BCUT2D eigenvalue weighted by Crippen LogP contribution is 2.32. The first kappa shape index (κ1) is 12.6. The van der Waals surface area contributed by atoms with Crippen molar-refractivity contribution >= 4 is 5.69 Å². The Bertz CT molecular complexity index is 351. The maximum atomic E-state index is 5.70. The molecule has 0 aliphatic heterocycles. The van der Waals surface area contributed by atoms with Crippen LogP contribution >= 0.6 is 0 Å². The maximum Gasteiger partial charge on any atom is 0.142 e. The zero-order valence-electron chi connectivity index (χ0n) is 10.3. The van der Waals surface area contributed by atoms with E-state index in [0.717, 1.165) is 22.7 Å². The molecule has 1 aromatic carbocycles. The first-order valence-electron chi connectivity index (χ1n) is 5.30. The van der Waals surface area contributed by atoms with E-state index in [1.165, 1.54) is 0 Å². The van der Waals surface area contributed by atoms with Crippen molar-refractivity contribution in [1.29, 1.82) is 0 Å². The number of hydrogen-bond donors (Lipinski definition) is 2. The van der Waals surface area contributed by atoms with Crippen LogP contribution in [0.3, 0.4) is 0 Å². The van der Waals surface area contributed by atoms with E-state index in [4.69, 9.17) is 15.2 Å². The maximum absolute atomic E-state index is 5.70. The first-order chi connectivity index (χ1) is 7.58. The van der Waals surface area contributed by atoms with Gasteiger partial charge in [0, 0.05) is 18.7 Å². The van der Waals surface area contributed by atoms with Gasteiger partial charge in [-0.3, -0.25) is 0 Å². The highest BCUT2D eigenvalue weighted by atomic mass is 16.5. The first-order valence-corrected chi connectivity index (χ1v) is 5.30. The number of nitrogens with one attached hydrogen (secondary N) is 1. The molecule has 0 heterocycles. The number of nitrogens with two attached hydrogens (primary N) is 1. The van der Waals surface area contributed by atoms with Crippen LogP contribution < -0.4 is 20.5 Å². The van der Waals surface area contributed by atoms with Gasteiger partial charge in [-0.15, -0.1) is 0 Å². The second kappa shape index (κ2) is 5.61. The Morgan fingerprint density at radius 1 is 1.25 bits per heavy atom. The topological polar surface area (TPSA) is 56.5 Å². The Morgan fingerprint density at radius 2 is 1.88 bits per heavy atom. The lowest BCUT2D eigenvalue weighted by atomic mass is 10.1. The van der Waals surface area contributed by atoms with Gasteiger partial charge in [-0.1, -0.05) is 0 Å². The minimum Gasteiger partial charge on any atom is -0.496 e. The summed E-state index contributed by atoms with van der Waals surface area (Å²) in [6.45, 7) is 4.63. The molecular formula is C12H20N2O2. The van der Waals surface area contributed by atoms with Crippen LogP contribution in [0.4, 0.5) is 5.69 Å². The molecule has 0 spiro atoms. The minimum absolute atomic E-state index is 0.0944. The normalized spacial score (nSPS) is 12.1. The van der Waals surface area contributed by atoms with Crippen LogP contribution in [0, 0.1) is 6.92 Å². The summed E-state index contributed by atoms with van der Waals surface area (Å²) in [5, 5.41) is 3.24. The van der Waals surface area contributed by atoms with Crippen molar-refractivity contribution in [2.24, 2.45) is 5.73 Å². The van der Waals surface area contributed by atoms with Crippen molar-refractivity contribution in [3.8, 4) is 11.5 Å². The molecule has 0 saturated carbocycles. The summed E-state index contributed by atoms with van der Waals surface area (Å²) in [4.78, 5) is 0. The third-order valence-electron chi connectivity index (χ3n) is 2.33. The number of aryl methyl sites for hydroxylation is 1. The largest absolute Gasteiger partial charge is 0.496 e. The van der Waals surface area contributed by atoms with Gasteiger partial charge < -0.3 is 20.5 Å². The molecule has 90 valence electrons. The highest BCUT2D eigenvalue weighted by Gasteiger charge is 2.08. The second-order valence-electron chi connectivity index (χ2n) is 3.88. The fourth-order valence-corrected chi connectivity index (χ4v) is 1.46. The van der Waals surface area contributed by atoms with Gasteiger partial charge in [-0.2, -0.15) is 0 Å². The van der Waals surface area contributed by atoms with E-state index in [1.807, 2.05) is 26.0 Å². The number of hydrogen-bond acceptors (Lipinski definition) is 4. The Labute approximate surface area is 96.7 Å². The van der Waals surface area contributed by atoms with Crippen molar-refractivity contribution in [2.45, 2.75) is 19.9 Å². The molecule has 0 aliphatic rings. The van der Waals surface area contributed by atoms with Gasteiger partial charge in [0.05, 0.1) is 19.9 Å². The van der Waals surface area contributed by atoms with Gasteiger partial charge in [-0.05, 0) is 25.5 Å². The van der Waals surface area contributed by atoms with E-state index < -0.39 is 0 Å². The van der Waals surface area contributed by atoms with Gasteiger partial charge in [0.1, 0.15) is 11.5 Å². The summed E-state index contributed by atoms with van der Waals surface area (Å²) >= 11 is 0. The van der Waals surface area contributed by atoms with E-state index in [2.05, 4.69) is 5.32 Å². The lowest BCUT2D eigenvalue weighted by Gasteiger charge is -2.15. The predicted octanol–water partition coefficient (Wildman–Crippen LogP) is 1.77. The van der Waals surface area contributed by atoms with Crippen molar-refractivity contribution < 1.29 is 9.47 Å². The minimum atomic E-state index is 0.0944. The van der Waals surface area contributed by atoms with Crippen LogP contribution in [-0.4, -0.2) is 26.8 Å². The molecule has 4 nitrogen and oxygen atoms in total. The Balaban J connectivity index is 2.95. The van der Waals surface area contributed by atoms with Crippen LogP contribution in [-0.2, 0) is 0 Å². The predicted molar refractivity (Wildman–Crippen MR) is 66.4 cm³/mol. The Kier molecular flexibility index (Phi) is 4.43. The van der Waals surface area contributed by atoms with Gasteiger partial charge in [-0.25, -0.2) is 0 Å². The molecular weight excluding hydrogens is 204 g/mol. The van der Waals surface area contributed by atoms with Crippen LogP contribution in [0.2, 0.25) is 0 Å². The molecule has 1 atom stereocenters. The number of methoxy groups -OCH3 is 2. The number of ether oxygens (including phenoxy) is 2. The SMILES string of the molecule is COc1cc(NCC(C)N)c(OC)cc1C. The van der Waals surface area contributed by atoms with E-state index >= 15 is 0 Å². The summed E-state index contributed by atoms with van der Waals surface area (Å²) in [5.41, 5.74) is 7.65. The molecule has 1 unspecified atom stereocenters. The average molecular weight is 224 g/mol. The molecule has 0 bridgehead atoms. The van der Waals surface area contributed by atoms with Crippen molar-refractivity contribution in [2.75, 3.05) is 26.1 Å². The molecule has 1 rings (SSSR count). The Hall–Kier alpha value is -1.42. The number of benzene rings is 1. The monoisotopic (exact) mass is 224 g/mol. The molecule has 0 radical (unpaired) electrons. The zero-order valence-corrected chi connectivity index (χ0v) is 10.3. The third-order valence-corrected chi connectivity index (χ3v) is 2.33. The molecule has 0 fully saturated rings. The lowest BCUT2D eigenvalue weighted by Crippen LogP contribution is -2.25. The van der Waals surface area contributed by atoms with Crippen LogP contribution in [0.15, 0.2) is 12.1 Å². The van der Waals surface area contributed by atoms with Gasteiger partial charge in [0.25, 0.3) is 0 Å². The highest BCUT2D eigenvalue weighted by molar-refractivity contribution is 5.62. The molecule has 4 heteroatoms. The molecule has 1 aromatic rings. The second-order valence-corrected chi connectivity index (χ2v) is 3.88. The van der Waals surface area contributed by atoms with Crippen molar-refractivity contribution in [3.05, 3.63) is 17.7 Å². The standard InChI is InChI=1S/C12H20N2O2/c1-8-5-12(16-4)10(6-11(8)15-3)14-7-9(2)13/h5-6,9,14H,7,13H2,1-4H3. The summed E-state index contributed by atoms with van der Waals surface area (Å²) < 4.78 is 10.6. The third kappa shape index (κ3) is 3.03. The Morgan fingerprint density at radius 3 is 2.38 bits per heavy atom. The van der Waals surface area contributed by atoms with Gasteiger partial charge >= 0.3 is 0 Å². The molecule has 0 aromatic heterocycles. The summed E-state index contributed by atoms with van der Waals surface area (Å²) in [7, 11) is 3.31. The number of anilines is 1. The van der Waals surface area contributed by atoms with Gasteiger partial charge in [0.15, 0.2) is 0 Å². The summed E-state index contributed by atoms with van der Waals surface area (Å²) in [5.74, 6) is 1.65. The summed E-state index contributed by atoms with van der Waals surface area (Å²) in [6.07, 6.45) is 0. The van der Waals surface area contributed by atoms with E-state index in [0.29, 0.717) is 6.54 Å². The molecule has 0 saturated heterocycles. The van der Waals surface area contributed by atoms with Crippen molar-refractivity contribution in [3.63, 3.8) is 0 Å². The quantitative estimate of drug-likeness (QED) is 0.800. The molecule has 3 N–H and O–H groups in total. The van der Waals surface area contributed by atoms with E-state index in [-0.39, 0.29) is 6.04 Å². The lowest BCUT2D eigenvalue weighted by molar-refractivity contribution is 0.401. The van der Waals surface area contributed by atoms with Crippen LogP contribution in [0.25, 0.3) is 0 Å². The summed E-state index contributed by atoms with van der Waals surface area (Å²) in [6, 6.07) is 3.97. The fraction of sp³-hybridized carbons (Fsp3) is 0.500. The molecule has 0 amide bonds. The smallest absolute Gasteiger partial charge is 0.142 e. The molecule has 16 heavy (non-hydrogen) atoms. The molecule has 0 aliphatic carbocycles. The van der Waals surface area contributed by atoms with Gasteiger partial charge in [0.2, 0.25) is 0 Å².